The van der Waals surface area contributed by atoms with E-state index in [1.54, 1.807) is 6.92 Å². The van der Waals surface area contributed by atoms with E-state index in [2.05, 4.69) is 13.8 Å². The van der Waals surface area contributed by atoms with Crippen molar-refractivity contribution in [3.8, 4) is 5.75 Å². The number of phenols is 1. The third-order valence-electron chi connectivity index (χ3n) is 9.83. The number of hydrogen-bond acceptors (Lipinski definition) is 7. The van der Waals surface area contributed by atoms with Crippen LogP contribution in [0.5, 0.6) is 5.75 Å². The number of benzene rings is 1. The van der Waals surface area contributed by atoms with E-state index in [1.807, 2.05) is 26.8 Å². The summed E-state index contributed by atoms with van der Waals surface area (Å²) >= 11 is 0. The first kappa shape index (κ1) is 29.1. The van der Waals surface area contributed by atoms with E-state index in [0.717, 1.165) is 43.7 Å². The molecule has 0 bridgehead atoms. The first-order valence-corrected chi connectivity index (χ1v) is 14.1. The van der Waals surface area contributed by atoms with Crippen molar-refractivity contribution in [1.82, 2.24) is 0 Å². The smallest absolute Gasteiger partial charge is 0.209 e. The Hall–Kier alpha value is -2.93. The number of carbonyl (C=O) groups is 3. The number of rotatable bonds is 7. The summed E-state index contributed by atoms with van der Waals surface area (Å²) in [5.74, 6) is -4.34. The van der Waals surface area contributed by atoms with Crippen molar-refractivity contribution in [2.24, 2.45) is 28.6 Å². The molecule has 39 heavy (non-hydrogen) atoms. The minimum absolute atomic E-state index is 0.0936. The highest BCUT2D eigenvalue weighted by Crippen LogP contribution is 2.65. The van der Waals surface area contributed by atoms with Crippen molar-refractivity contribution in [2.75, 3.05) is 0 Å². The summed E-state index contributed by atoms with van der Waals surface area (Å²) in [6, 6.07) is 3.35. The number of fused-ring (bicyclic) bond motifs is 3. The Morgan fingerprint density at radius 2 is 1.74 bits per heavy atom. The third-order valence-corrected chi connectivity index (χ3v) is 9.83. The molecule has 0 aromatic heterocycles. The van der Waals surface area contributed by atoms with Gasteiger partial charge in [0.25, 0.3) is 0 Å². The number of phenolic OH excluding ortho intramolecular Hbond substituents is 1. The molecule has 0 saturated carbocycles. The number of allylic oxidation sites excluding steroid dienone is 2. The zero-order chi connectivity index (χ0) is 29.2. The monoisotopic (exact) mass is 538 g/mol. The molecule has 0 fully saturated rings. The van der Waals surface area contributed by atoms with Crippen LogP contribution in [0.15, 0.2) is 34.8 Å². The lowest BCUT2D eigenvalue weighted by molar-refractivity contribution is -0.171. The van der Waals surface area contributed by atoms with Gasteiger partial charge in [0.15, 0.2) is 17.2 Å². The molecule has 0 saturated heterocycles. The minimum Gasteiger partial charge on any atom is -0.511 e. The molecule has 0 aliphatic heterocycles. The number of hydrogen-bond donors (Lipinski definition) is 4. The molecular formula is C32H42O7. The van der Waals surface area contributed by atoms with Crippen LogP contribution in [0.3, 0.4) is 0 Å². The van der Waals surface area contributed by atoms with Crippen molar-refractivity contribution in [3.63, 3.8) is 0 Å². The second kappa shape index (κ2) is 9.61. The van der Waals surface area contributed by atoms with Crippen LogP contribution in [0.2, 0.25) is 0 Å². The number of aromatic hydroxyl groups is 1. The Kier molecular flexibility index (Phi) is 7.16. The summed E-state index contributed by atoms with van der Waals surface area (Å²) in [6.07, 6.45) is 4.21. The highest BCUT2D eigenvalue weighted by molar-refractivity contribution is 6.25. The maximum Gasteiger partial charge on any atom is 0.209 e. The molecule has 1 aromatic rings. The molecule has 3 aliphatic carbocycles. The number of aryl methyl sites for hydroxylation is 1. The van der Waals surface area contributed by atoms with E-state index in [-0.39, 0.29) is 35.0 Å². The van der Waals surface area contributed by atoms with Crippen LogP contribution in [0.25, 0.3) is 0 Å². The molecule has 0 amide bonds. The Balaban J connectivity index is 1.93. The zero-order valence-electron chi connectivity index (χ0n) is 24.1. The lowest BCUT2D eigenvalue weighted by atomic mass is 9.44. The van der Waals surface area contributed by atoms with E-state index in [9.17, 15) is 34.8 Å². The maximum absolute atomic E-state index is 14.1. The quantitative estimate of drug-likeness (QED) is 0.327. The summed E-state index contributed by atoms with van der Waals surface area (Å²) in [4.78, 5) is 40.3. The second-order valence-corrected chi connectivity index (χ2v) is 13.0. The highest BCUT2D eigenvalue weighted by atomic mass is 16.3. The van der Waals surface area contributed by atoms with Crippen LogP contribution in [0, 0.1) is 28.6 Å². The minimum atomic E-state index is -2.58. The van der Waals surface area contributed by atoms with Crippen molar-refractivity contribution in [1.29, 1.82) is 0 Å². The van der Waals surface area contributed by atoms with Gasteiger partial charge >= 0.3 is 0 Å². The Morgan fingerprint density at radius 1 is 1.10 bits per heavy atom. The molecule has 2 unspecified atom stereocenters. The van der Waals surface area contributed by atoms with Crippen LogP contribution in [-0.4, -0.2) is 43.4 Å². The third kappa shape index (κ3) is 3.99. The van der Waals surface area contributed by atoms with Gasteiger partial charge in [0.2, 0.25) is 5.78 Å². The van der Waals surface area contributed by atoms with E-state index in [4.69, 9.17) is 0 Å². The topological polar surface area (TPSA) is 132 Å². The van der Waals surface area contributed by atoms with E-state index in [0.29, 0.717) is 12.3 Å². The van der Waals surface area contributed by atoms with Crippen molar-refractivity contribution < 1.29 is 34.8 Å². The Labute approximate surface area is 230 Å². The number of carbonyl (C=O) groups excluding carboxylic acids is 3. The molecule has 0 heterocycles. The van der Waals surface area contributed by atoms with E-state index < -0.39 is 51.0 Å². The molecule has 212 valence electrons. The first-order chi connectivity index (χ1) is 18.1. The fourth-order valence-corrected chi connectivity index (χ4v) is 7.87. The van der Waals surface area contributed by atoms with Gasteiger partial charge in [-0.25, -0.2) is 0 Å². The van der Waals surface area contributed by atoms with E-state index in [1.165, 1.54) is 6.07 Å². The average molecular weight is 539 g/mol. The highest BCUT2D eigenvalue weighted by Gasteiger charge is 2.71. The van der Waals surface area contributed by atoms with Crippen LogP contribution in [0.1, 0.15) is 95.6 Å². The summed E-state index contributed by atoms with van der Waals surface area (Å²) in [6.45, 7) is 12.6. The van der Waals surface area contributed by atoms with Gasteiger partial charge in [0, 0.05) is 22.3 Å². The normalized spacial score (nSPS) is 31.3. The van der Waals surface area contributed by atoms with Gasteiger partial charge < -0.3 is 20.4 Å². The standard InChI is InChI=1S/C32H42O7/c1-8-17(4)10-9-11-19-12-13-21(34)23-20(19)14-30(6)15-31(7)24(16(2)3)26(35)22(18(5)33)28(37)32(31,39)29(38)25(30)27(23)36/h12-13,16-17,24,34-35,38-39H,8-11,14-15H2,1-7H3/t17?,24?,30-,31-,32+/m1/s1. The number of aliphatic hydroxyl groups excluding tert-OH is 2. The fraction of sp³-hybridized carbons (Fsp3) is 0.594. The predicted octanol–water partition coefficient (Wildman–Crippen LogP) is 5.72. The molecule has 0 spiro atoms. The van der Waals surface area contributed by atoms with Gasteiger partial charge in [-0.05, 0) is 61.6 Å². The first-order valence-electron chi connectivity index (χ1n) is 14.1. The van der Waals surface area contributed by atoms with Crippen LogP contribution in [-0.2, 0) is 22.4 Å². The summed E-state index contributed by atoms with van der Waals surface area (Å²) in [5, 5.41) is 45.8. The van der Waals surface area contributed by atoms with Crippen LogP contribution in [0.4, 0.5) is 0 Å². The molecule has 4 N–H and O–H groups in total. The zero-order valence-corrected chi connectivity index (χ0v) is 24.1. The lowest BCUT2D eigenvalue weighted by Gasteiger charge is -2.59. The van der Waals surface area contributed by atoms with Crippen LogP contribution < -0.4 is 0 Å². The summed E-state index contributed by atoms with van der Waals surface area (Å²) in [7, 11) is 0. The molecule has 3 aliphatic rings. The van der Waals surface area contributed by atoms with Crippen LogP contribution >= 0.6 is 0 Å². The maximum atomic E-state index is 14.1. The van der Waals surface area contributed by atoms with E-state index >= 15 is 0 Å². The Bertz CT molecular complexity index is 1320. The van der Waals surface area contributed by atoms with Gasteiger partial charge in [-0.2, -0.15) is 0 Å². The average Bonchev–Trinajstić information content (AvgIpc) is 2.82. The molecule has 5 atom stereocenters. The molecule has 1 aromatic carbocycles. The number of Topliss-reactive ketones (excluding diaryl/α,β-unsaturated/α-hetero) is 3. The summed E-state index contributed by atoms with van der Waals surface area (Å²) < 4.78 is 0. The number of aliphatic hydroxyl groups is 3. The van der Waals surface area contributed by atoms with Gasteiger partial charge in [-0.15, -0.1) is 0 Å². The molecule has 0 radical (unpaired) electrons. The van der Waals surface area contributed by atoms with Gasteiger partial charge in [0.05, 0.1) is 5.56 Å². The number of ketones is 3. The molecule has 4 rings (SSSR count). The van der Waals surface area contributed by atoms with Gasteiger partial charge in [-0.3, -0.25) is 14.4 Å². The largest absolute Gasteiger partial charge is 0.511 e. The molecular weight excluding hydrogens is 496 g/mol. The van der Waals surface area contributed by atoms with Crippen molar-refractivity contribution in [2.45, 2.75) is 92.6 Å². The SMILES string of the molecule is CCC(C)CCCc1ccc(O)c2c1C[C@]1(C)C[C@]3(C)C(C(C)C)C(O)=C(C(C)=O)C(=O)[C@]3(O)C(O)=C1C2=O. The second-order valence-electron chi connectivity index (χ2n) is 13.0. The van der Waals surface area contributed by atoms with Crippen molar-refractivity contribution >= 4 is 17.3 Å². The predicted molar refractivity (Wildman–Crippen MR) is 148 cm³/mol. The van der Waals surface area contributed by atoms with Gasteiger partial charge in [-0.1, -0.05) is 60.5 Å². The van der Waals surface area contributed by atoms with Crippen molar-refractivity contribution in [3.05, 3.63) is 51.5 Å². The molecule has 7 heteroatoms. The molecule has 7 nitrogen and oxygen atoms in total. The lowest BCUT2D eigenvalue weighted by Crippen LogP contribution is -2.67. The van der Waals surface area contributed by atoms with Gasteiger partial charge in [0.1, 0.15) is 22.8 Å². The summed E-state index contributed by atoms with van der Waals surface area (Å²) in [5.41, 5.74) is -3.85. The fourth-order valence-electron chi connectivity index (χ4n) is 7.87. The Morgan fingerprint density at radius 3 is 2.31 bits per heavy atom.